The lowest BCUT2D eigenvalue weighted by molar-refractivity contribution is -0.153. The first-order valence-corrected chi connectivity index (χ1v) is 9.74. The number of nitrogens with one attached hydrogen (secondary N) is 1. The molecule has 1 aromatic carbocycles. The minimum absolute atomic E-state index is 0.0948. The molecule has 0 aliphatic carbocycles. The van der Waals surface area contributed by atoms with Crippen LogP contribution in [-0.2, 0) is 15.0 Å². The van der Waals surface area contributed by atoms with Gasteiger partial charge in [0.2, 0.25) is 0 Å². The zero-order valence-corrected chi connectivity index (χ0v) is 16.6. The second-order valence-electron chi connectivity index (χ2n) is 6.94. The van der Waals surface area contributed by atoms with Gasteiger partial charge in [-0.25, -0.2) is 0 Å². The summed E-state index contributed by atoms with van der Waals surface area (Å²) in [5, 5.41) is 11.8. The molecular weight excluding hydrogens is 344 g/mol. The van der Waals surface area contributed by atoms with Gasteiger partial charge >= 0.3 is 5.97 Å². The highest BCUT2D eigenvalue weighted by Crippen LogP contribution is 2.39. The number of benzene rings is 1. The minimum Gasteiger partial charge on any atom is -0.370 e. The number of hydroxylamine groups is 1. The Balaban J connectivity index is 1.92. The van der Waals surface area contributed by atoms with Crippen molar-refractivity contribution in [3.05, 3.63) is 57.8 Å². The number of hydrogen-bond acceptors (Lipinski definition) is 5. The number of nitrogens with zero attached hydrogens (tertiary/aromatic N) is 1. The van der Waals surface area contributed by atoms with E-state index in [1.165, 1.54) is 5.56 Å². The lowest BCUT2D eigenvalue weighted by Gasteiger charge is -2.29. The standard InChI is InChI=1S/C21H26N2O2S/c1-15(2)21(14-22,19-6-5-13-26-19)12-11-20(24)25-23-17(4)18-9-7-16(3)8-10-18/h5-10,13,15,17,23H,11-12H2,1-4H3/t17-,21+/m1/s1. The van der Waals surface area contributed by atoms with Crippen LogP contribution in [0.5, 0.6) is 0 Å². The summed E-state index contributed by atoms with van der Waals surface area (Å²) in [5.74, 6) is -0.237. The van der Waals surface area contributed by atoms with Crippen LogP contribution >= 0.6 is 11.3 Å². The van der Waals surface area contributed by atoms with E-state index in [1.807, 2.05) is 69.5 Å². The number of carbonyl (C=O) groups excluding carboxylic acids is 1. The average Bonchev–Trinajstić information content (AvgIpc) is 3.16. The zero-order chi connectivity index (χ0) is 19.2. The molecule has 2 aromatic rings. The van der Waals surface area contributed by atoms with E-state index in [2.05, 4.69) is 11.5 Å². The van der Waals surface area contributed by atoms with Gasteiger partial charge < -0.3 is 4.84 Å². The number of nitriles is 1. The Morgan fingerprint density at radius 3 is 2.50 bits per heavy atom. The van der Waals surface area contributed by atoms with Gasteiger partial charge in [0.25, 0.3) is 0 Å². The molecule has 2 atom stereocenters. The Bertz CT molecular complexity index is 747. The SMILES string of the molecule is Cc1ccc([C@@H](C)NOC(=O)CC[C@@](C#N)(c2cccs2)C(C)C)cc1. The van der Waals surface area contributed by atoms with E-state index in [0.29, 0.717) is 6.42 Å². The Morgan fingerprint density at radius 1 is 1.27 bits per heavy atom. The maximum Gasteiger partial charge on any atom is 0.324 e. The summed E-state index contributed by atoms with van der Waals surface area (Å²) < 4.78 is 0. The lowest BCUT2D eigenvalue weighted by atomic mass is 9.74. The van der Waals surface area contributed by atoms with Crippen molar-refractivity contribution in [2.24, 2.45) is 5.92 Å². The van der Waals surface area contributed by atoms with E-state index >= 15 is 0 Å². The van der Waals surface area contributed by atoms with Crippen LogP contribution in [0.2, 0.25) is 0 Å². The highest BCUT2D eigenvalue weighted by Gasteiger charge is 2.37. The van der Waals surface area contributed by atoms with E-state index in [9.17, 15) is 10.1 Å². The van der Waals surface area contributed by atoms with Gasteiger partial charge in [-0.05, 0) is 43.2 Å². The van der Waals surface area contributed by atoms with Crippen LogP contribution in [0.1, 0.15) is 55.7 Å². The van der Waals surface area contributed by atoms with Crippen molar-refractivity contribution in [1.29, 1.82) is 5.26 Å². The van der Waals surface area contributed by atoms with Crippen LogP contribution in [0.15, 0.2) is 41.8 Å². The molecule has 5 heteroatoms. The maximum atomic E-state index is 12.2. The summed E-state index contributed by atoms with van der Waals surface area (Å²) >= 11 is 1.56. The second-order valence-corrected chi connectivity index (χ2v) is 7.89. The fraction of sp³-hybridized carbons (Fsp3) is 0.429. The summed E-state index contributed by atoms with van der Waals surface area (Å²) in [6, 6.07) is 14.3. The molecule has 1 N–H and O–H groups in total. The van der Waals surface area contributed by atoms with Gasteiger partial charge in [0, 0.05) is 11.3 Å². The normalized spacial score (nSPS) is 14.5. The molecule has 0 bridgehead atoms. The first kappa shape index (κ1) is 20.2. The molecular formula is C21H26N2O2S. The second kappa shape index (κ2) is 8.98. The van der Waals surface area contributed by atoms with Crippen LogP contribution < -0.4 is 5.48 Å². The molecule has 0 unspecified atom stereocenters. The van der Waals surface area contributed by atoms with E-state index in [-0.39, 0.29) is 24.3 Å². The smallest absolute Gasteiger partial charge is 0.324 e. The van der Waals surface area contributed by atoms with Gasteiger partial charge in [-0.15, -0.1) is 16.8 Å². The molecule has 26 heavy (non-hydrogen) atoms. The largest absolute Gasteiger partial charge is 0.370 e. The number of carbonyl (C=O) groups is 1. The highest BCUT2D eigenvalue weighted by molar-refractivity contribution is 7.10. The molecule has 0 spiro atoms. The number of hydrogen-bond donors (Lipinski definition) is 1. The fourth-order valence-corrected chi connectivity index (χ4v) is 3.95. The van der Waals surface area contributed by atoms with Gasteiger partial charge in [-0.1, -0.05) is 49.7 Å². The first-order chi connectivity index (χ1) is 12.4. The van der Waals surface area contributed by atoms with E-state index < -0.39 is 5.41 Å². The first-order valence-electron chi connectivity index (χ1n) is 8.86. The number of aryl methyl sites for hydroxylation is 1. The third-order valence-corrected chi connectivity index (χ3v) is 5.84. The summed E-state index contributed by atoms with van der Waals surface area (Å²) in [5.41, 5.74) is 4.39. The Kier molecular flexibility index (Phi) is 6.96. The predicted octanol–water partition coefficient (Wildman–Crippen LogP) is 5.06. The van der Waals surface area contributed by atoms with Crippen molar-refractivity contribution >= 4 is 17.3 Å². The Morgan fingerprint density at radius 2 is 1.96 bits per heavy atom. The van der Waals surface area contributed by atoms with Crippen LogP contribution in [0, 0.1) is 24.2 Å². The molecule has 0 amide bonds. The summed E-state index contributed by atoms with van der Waals surface area (Å²) in [6.07, 6.45) is 0.637. The molecule has 0 fully saturated rings. The monoisotopic (exact) mass is 370 g/mol. The molecule has 0 saturated carbocycles. The molecule has 0 saturated heterocycles. The third kappa shape index (κ3) is 4.72. The topological polar surface area (TPSA) is 62.1 Å². The van der Waals surface area contributed by atoms with Gasteiger partial charge in [0.1, 0.15) is 0 Å². The summed E-state index contributed by atoms with van der Waals surface area (Å²) in [6.45, 7) is 8.01. The van der Waals surface area contributed by atoms with Crippen LogP contribution in [0.4, 0.5) is 0 Å². The Labute approximate surface area is 159 Å². The number of rotatable bonds is 8. The summed E-state index contributed by atoms with van der Waals surface area (Å²) in [7, 11) is 0. The van der Waals surface area contributed by atoms with E-state index in [4.69, 9.17) is 4.84 Å². The molecule has 2 rings (SSSR count). The van der Waals surface area contributed by atoms with Crippen molar-refractivity contribution in [3.8, 4) is 6.07 Å². The van der Waals surface area contributed by atoms with Crippen LogP contribution in [-0.4, -0.2) is 5.97 Å². The minimum atomic E-state index is -0.657. The van der Waals surface area contributed by atoms with Gasteiger partial charge in [0.05, 0.1) is 17.5 Å². The molecule has 0 radical (unpaired) electrons. The molecule has 4 nitrogen and oxygen atoms in total. The zero-order valence-electron chi connectivity index (χ0n) is 15.8. The molecule has 0 aliphatic rings. The average molecular weight is 371 g/mol. The quantitative estimate of drug-likeness (QED) is 0.660. The summed E-state index contributed by atoms with van der Waals surface area (Å²) in [4.78, 5) is 18.4. The van der Waals surface area contributed by atoms with Crippen molar-refractivity contribution in [1.82, 2.24) is 5.48 Å². The van der Waals surface area contributed by atoms with Crippen molar-refractivity contribution < 1.29 is 9.63 Å². The van der Waals surface area contributed by atoms with Crippen molar-refractivity contribution in [3.63, 3.8) is 0 Å². The van der Waals surface area contributed by atoms with Gasteiger partial charge in [-0.2, -0.15) is 5.26 Å². The van der Waals surface area contributed by atoms with Gasteiger partial charge in [-0.3, -0.25) is 4.79 Å². The van der Waals surface area contributed by atoms with E-state index in [0.717, 1.165) is 10.4 Å². The number of thiophene rings is 1. The predicted molar refractivity (Wildman–Crippen MR) is 105 cm³/mol. The van der Waals surface area contributed by atoms with Crippen molar-refractivity contribution in [2.75, 3.05) is 0 Å². The highest BCUT2D eigenvalue weighted by atomic mass is 32.1. The molecule has 0 aliphatic heterocycles. The van der Waals surface area contributed by atoms with Crippen LogP contribution in [0.3, 0.4) is 0 Å². The van der Waals surface area contributed by atoms with Gasteiger partial charge in [0.15, 0.2) is 0 Å². The Hall–Kier alpha value is -2.16. The van der Waals surface area contributed by atoms with E-state index in [1.54, 1.807) is 11.3 Å². The fourth-order valence-electron chi connectivity index (χ4n) is 2.90. The molecule has 1 aromatic heterocycles. The molecule has 1 heterocycles. The molecule has 138 valence electrons. The maximum absolute atomic E-state index is 12.2. The van der Waals surface area contributed by atoms with Crippen molar-refractivity contribution in [2.45, 2.75) is 52.0 Å². The van der Waals surface area contributed by atoms with Crippen LogP contribution in [0.25, 0.3) is 0 Å². The third-order valence-electron chi connectivity index (χ3n) is 4.80. The lowest BCUT2D eigenvalue weighted by Crippen LogP contribution is -2.31.